The van der Waals surface area contributed by atoms with Crippen LogP contribution in [0.1, 0.15) is 47.3 Å². The van der Waals surface area contributed by atoms with Gasteiger partial charge in [-0.15, -0.1) is 13.2 Å². The Morgan fingerprint density at radius 3 is 2.49 bits per heavy atom. The maximum absolute atomic E-state index is 13.5. The van der Waals surface area contributed by atoms with E-state index in [9.17, 15) is 18.0 Å². The van der Waals surface area contributed by atoms with E-state index in [-0.39, 0.29) is 11.7 Å². The van der Waals surface area contributed by atoms with Gasteiger partial charge in [-0.3, -0.25) is 14.4 Å². The largest absolute Gasteiger partial charge is 0.573 e. The van der Waals surface area contributed by atoms with Gasteiger partial charge in [0.1, 0.15) is 5.75 Å². The third-order valence-electron chi connectivity index (χ3n) is 8.07. The van der Waals surface area contributed by atoms with Gasteiger partial charge in [0.05, 0.1) is 18.8 Å². The molecule has 2 saturated heterocycles. The molecule has 220 valence electrons. The molecular weight excluding hydrogens is 535 g/mol. The second-order valence-corrected chi connectivity index (χ2v) is 11.0. The van der Waals surface area contributed by atoms with Gasteiger partial charge in [0.15, 0.2) is 0 Å². The van der Waals surface area contributed by atoms with Gasteiger partial charge < -0.3 is 19.7 Å². The van der Waals surface area contributed by atoms with Gasteiger partial charge in [0.2, 0.25) is 0 Å². The summed E-state index contributed by atoms with van der Waals surface area (Å²) in [6, 6.07) is 10.6. The highest BCUT2D eigenvalue weighted by atomic mass is 19.4. The number of nitrogens with zero attached hydrogens (tertiary/aromatic N) is 4. The molecule has 0 spiro atoms. The number of nitrogens with one attached hydrogen (secondary N) is 1. The van der Waals surface area contributed by atoms with E-state index in [1.54, 1.807) is 44.2 Å². The molecule has 1 aromatic heterocycles. The first-order chi connectivity index (χ1) is 19.5. The van der Waals surface area contributed by atoms with Crippen molar-refractivity contribution in [2.45, 2.75) is 51.2 Å². The predicted octanol–water partition coefficient (Wildman–Crippen LogP) is 5.08. The lowest BCUT2D eigenvalue weighted by molar-refractivity contribution is -0.274. The van der Waals surface area contributed by atoms with Gasteiger partial charge in [-0.2, -0.15) is 5.10 Å². The summed E-state index contributed by atoms with van der Waals surface area (Å²) in [4.78, 5) is 18.4. The summed E-state index contributed by atoms with van der Waals surface area (Å²) in [5.74, 6) is -0.643. The highest BCUT2D eigenvalue weighted by Gasteiger charge is 2.39. The smallest absolute Gasteiger partial charge is 0.406 e. The normalized spacial score (nSPS) is 19.8. The number of fused-ring (bicyclic) bond motifs is 2. The van der Waals surface area contributed by atoms with Crippen LogP contribution in [0.2, 0.25) is 0 Å². The number of aromatic nitrogens is 2. The molecule has 5 rings (SSSR count). The number of amides is 1. The molecule has 2 aromatic carbocycles. The number of rotatable bonds is 9. The third kappa shape index (κ3) is 6.68. The quantitative estimate of drug-likeness (QED) is 0.386. The van der Waals surface area contributed by atoms with Crippen molar-refractivity contribution in [1.82, 2.24) is 20.0 Å². The lowest BCUT2D eigenvalue weighted by atomic mass is 10.0. The summed E-state index contributed by atoms with van der Waals surface area (Å²) in [6.07, 6.45) is 0.736. The number of benzene rings is 2. The van der Waals surface area contributed by atoms with E-state index < -0.39 is 12.4 Å². The number of piperazine rings is 1. The molecule has 3 atom stereocenters. The van der Waals surface area contributed by atoms with E-state index in [4.69, 9.17) is 4.74 Å². The Bertz CT molecular complexity index is 1380. The van der Waals surface area contributed by atoms with E-state index >= 15 is 0 Å². The number of halogens is 3. The summed E-state index contributed by atoms with van der Waals surface area (Å²) >= 11 is 0. The van der Waals surface area contributed by atoms with Crippen molar-refractivity contribution in [1.29, 1.82) is 0 Å². The van der Waals surface area contributed by atoms with Crippen LogP contribution < -0.4 is 15.0 Å². The Labute approximate surface area is 238 Å². The highest BCUT2D eigenvalue weighted by Crippen LogP contribution is 2.34. The molecule has 1 amide bonds. The average Bonchev–Trinajstić information content (AvgIpc) is 3.45. The second kappa shape index (κ2) is 11.7. The summed E-state index contributed by atoms with van der Waals surface area (Å²) in [5.41, 5.74) is 3.99. The van der Waals surface area contributed by atoms with Crippen LogP contribution in [0.15, 0.2) is 48.8 Å². The Kier molecular flexibility index (Phi) is 8.28. The van der Waals surface area contributed by atoms with Gasteiger partial charge in [-0.05, 0) is 73.7 Å². The average molecular weight is 572 g/mol. The zero-order chi connectivity index (χ0) is 29.3. The van der Waals surface area contributed by atoms with Crippen LogP contribution >= 0.6 is 0 Å². The zero-order valence-corrected chi connectivity index (χ0v) is 23.7. The lowest BCUT2D eigenvalue weighted by Crippen LogP contribution is -2.54. The van der Waals surface area contributed by atoms with Gasteiger partial charge in [-0.1, -0.05) is 6.07 Å². The van der Waals surface area contributed by atoms with E-state index in [2.05, 4.69) is 31.0 Å². The Morgan fingerprint density at radius 1 is 1.12 bits per heavy atom. The maximum Gasteiger partial charge on any atom is 0.573 e. The molecule has 2 aliphatic heterocycles. The van der Waals surface area contributed by atoms with Crippen molar-refractivity contribution >= 4 is 11.6 Å². The number of carbonyl (C=O) groups is 1. The molecule has 1 N–H and O–H groups in total. The maximum atomic E-state index is 13.5. The fourth-order valence-electron chi connectivity index (χ4n) is 5.97. The molecule has 2 fully saturated rings. The van der Waals surface area contributed by atoms with Crippen LogP contribution in [-0.2, 0) is 11.8 Å². The fraction of sp³-hybridized carbons (Fsp3) is 0.467. The molecule has 2 aliphatic rings. The molecule has 0 radical (unpaired) electrons. The van der Waals surface area contributed by atoms with Crippen molar-refractivity contribution in [2.75, 3.05) is 38.3 Å². The Hall–Kier alpha value is -3.57. The molecule has 8 nitrogen and oxygen atoms in total. The van der Waals surface area contributed by atoms with Crippen LogP contribution in [0.3, 0.4) is 0 Å². The molecule has 3 heterocycles. The minimum absolute atomic E-state index is 0.288. The van der Waals surface area contributed by atoms with Gasteiger partial charge in [-0.25, -0.2) is 0 Å². The molecule has 0 unspecified atom stereocenters. The Morgan fingerprint density at radius 2 is 1.85 bits per heavy atom. The van der Waals surface area contributed by atoms with Crippen molar-refractivity contribution in [3.63, 3.8) is 0 Å². The zero-order valence-electron chi connectivity index (χ0n) is 23.7. The van der Waals surface area contributed by atoms with E-state index in [0.29, 0.717) is 34.3 Å². The fourth-order valence-corrected chi connectivity index (χ4v) is 5.97. The van der Waals surface area contributed by atoms with Crippen molar-refractivity contribution in [3.05, 3.63) is 65.5 Å². The number of ether oxygens (including phenoxy) is 2. The summed E-state index contributed by atoms with van der Waals surface area (Å²) in [7, 11) is 3.45. The molecule has 2 bridgehead atoms. The first-order valence-electron chi connectivity index (χ1n) is 13.8. The number of carbonyl (C=O) groups excluding carboxylic acids is 1. The van der Waals surface area contributed by atoms with Crippen LogP contribution in [0.25, 0.3) is 11.1 Å². The third-order valence-corrected chi connectivity index (χ3v) is 8.07. The summed E-state index contributed by atoms with van der Waals surface area (Å²) in [5, 5.41) is 7.10. The number of alkyl halides is 3. The highest BCUT2D eigenvalue weighted by molar-refractivity contribution is 5.97. The minimum Gasteiger partial charge on any atom is -0.406 e. The monoisotopic (exact) mass is 571 g/mol. The second-order valence-electron chi connectivity index (χ2n) is 11.0. The van der Waals surface area contributed by atoms with Gasteiger partial charge in [0, 0.05) is 68.9 Å². The topological polar surface area (TPSA) is 71.9 Å². The lowest BCUT2D eigenvalue weighted by Gasteiger charge is -2.42. The van der Waals surface area contributed by atoms with E-state index in [0.717, 1.165) is 50.3 Å². The van der Waals surface area contributed by atoms with Crippen LogP contribution in [0.4, 0.5) is 18.9 Å². The number of hydrogen-bond acceptors (Lipinski definition) is 6. The van der Waals surface area contributed by atoms with Crippen molar-refractivity contribution in [3.8, 4) is 16.9 Å². The number of anilines is 1. The SMILES string of the molecule is COCCN1[C@@H]2CC[C@H]1CN(c1ccc(C)c(C(=O)N[C@H](C)c3cc(OC(F)(F)F)cc(-c4cnn(C)c4)c3)c1)C2. The molecular formula is C30H36F3N5O3. The van der Waals surface area contributed by atoms with E-state index in [1.165, 1.54) is 12.1 Å². The van der Waals surface area contributed by atoms with E-state index in [1.807, 2.05) is 19.1 Å². The number of aryl methyl sites for hydroxylation is 2. The molecule has 41 heavy (non-hydrogen) atoms. The molecule has 11 heteroatoms. The first-order valence-corrected chi connectivity index (χ1v) is 13.8. The van der Waals surface area contributed by atoms with Gasteiger partial charge in [0.25, 0.3) is 5.91 Å². The van der Waals surface area contributed by atoms with Crippen molar-refractivity contribution < 1.29 is 27.4 Å². The van der Waals surface area contributed by atoms with Crippen molar-refractivity contribution in [2.24, 2.45) is 7.05 Å². The van der Waals surface area contributed by atoms with Crippen LogP contribution in [0, 0.1) is 6.92 Å². The Balaban J connectivity index is 1.34. The standard InChI is InChI=1S/C30H36F3N5O3/c1-19-5-6-24(37-17-25-7-8-26(18-37)38(25)9-10-40-4)14-28(19)29(39)35-20(2)21-11-22(23-15-34-36(3)16-23)13-27(12-21)41-30(31,32)33/h5-6,11-16,20,25-26H,7-10,17-18H2,1-4H3,(H,35,39)/t20-,25-,26+/m1/s1. The minimum atomic E-state index is -4.84. The van der Waals surface area contributed by atoms with Gasteiger partial charge >= 0.3 is 6.36 Å². The molecule has 0 aliphatic carbocycles. The van der Waals surface area contributed by atoms with Crippen LogP contribution in [-0.4, -0.2) is 72.4 Å². The summed E-state index contributed by atoms with van der Waals surface area (Å²) < 4.78 is 50.4. The summed E-state index contributed by atoms with van der Waals surface area (Å²) in [6.45, 7) is 7.06. The van der Waals surface area contributed by atoms with Crippen LogP contribution in [0.5, 0.6) is 5.75 Å². The predicted molar refractivity (Wildman–Crippen MR) is 150 cm³/mol. The molecule has 3 aromatic rings. The first kappa shape index (κ1) is 28.9. The molecule has 0 saturated carbocycles. The number of hydrogen-bond donors (Lipinski definition) is 1. The number of methoxy groups -OCH3 is 1.